The minimum atomic E-state index is -0.965. The van der Waals surface area contributed by atoms with Crippen molar-refractivity contribution in [2.24, 2.45) is 5.73 Å². The van der Waals surface area contributed by atoms with Gasteiger partial charge in [0.2, 0.25) is 5.78 Å². The average Bonchev–Trinajstić information content (AvgIpc) is 2.75. The average molecular weight is 318 g/mol. The number of amides is 1. The van der Waals surface area contributed by atoms with Gasteiger partial charge in [-0.3, -0.25) is 9.59 Å². The van der Waals surface area contributed by atoms with Crippen molar-refractivity contribution in [3.8, 4) is 0 Å². The first-order valence-corrected chi connectivity index (χ1v) is 6.31. The lowest BCUT2D eigenvalue weighted by Crippen LogP contribution is -2.22. The normalized spacial score (nSPS) is 11.0. The van der Waals surface area contributed by atoms with Crippen LogP contribution in [0.3, 0.4) is 0 Å². The number of carbonyl (C=O) groups is 2. The molecule has 0 saturated carbocycles. The maximum atomic E-state index is 11.6. The lowest BCUT2D eigenvalue weighted by atomic mass is 10.1. The van der Waals surface area contributed by atoms with Gasteiger partial charge in [-0.05, 0) is 36.4 Å². The van der Waals surface area contributed by atoms with E-state index in [-0.39, 0.29) is 5.56 Å². The number of carbonyl (C=O) groups excluding carboxylic acids is 2. The number of ketones is 1. The molecule has 0 bridgehead atoms. The van der Waals surface area contributed by atoms with Crippen LogP contribution in [0.4, 0.5) is 0 Å². The number of rotatable bonds is 2. The van der Waals surface area contributed by atoms with Crippen LogP contribution in [0.25, 0.3) is 21.9 Å². The summed E-state index contributed by atoms with van der Waals surface area (Å²) in [7, 11) is 0. The van der Waals surface area contributed by atoms with Crippen LogP contribution in [0.1, 0.15) is 10.4 Å². The fraction of sp³-hybridized carbons (Fsp3) is 0. The largest absolute Gasteiger partial charge is 0.456 e. The Morgan fingerprint density at radius 2 is 1.63 bits per heavy atom. The predicted octanol–water partition coefficient (Wildman–Crippen LogP) is 3.02. The third-order valence-corrected chi connectivity index (χ3v) is 3.41. The van der Waals surface area contributed by atoms with Crippen LogP contribution in [-0.2, 0) is 4.79 Å². The lowest BCUT2D eigenvalue weighted by molar-refractivity contribution is -0.114. The van der Waals surface area contributed by atoms with Gasteiger partial charge in [-0.2, -0.15) is 0 Å². The molecule has 0 spiro atoms. The van der Waals surface area contributed by atoms with E-state index in [2.05, 4.69) is 15.9 Å². The molecule has 5 heteroatoms. The molecular formula is C14H8BrNO3. The molecule has 19 heavy (non-hydrogen) atoms. The molecule has 4 nitrogen and oxygen atoms in total. The third-order valence-electron chi connectivity index (χ3n) is 2.92. The molecule has 0 aliphatic carbocycles. The Bertz CT molecular complexity index is 835. The number of Topliss-reactive ketones (excluding diaryl/α,β-unsaturated/α-hetero) is 1. The summed E-state index contributed by atoms with van der Waals surface area (Å²) in [6.45, 7) is 0. The van der Waals surface area contributed by atoms with Crippen LogP contribution in [0.15, 0.2) is 45.3 Å². The van der Waals surface area contributed by atoms with Crippen molar-refractivity contribution < 1.29 is 14.0 Å². The van der Waals surface area contributed by atoms with Crippen LogP contribution >= 0.6 is 15.9 Å². The Hall–Kier alpha value is -2.14. The summed E-state index contributed by atoms with van der Waals surface area (Å²) < 4.78 is 6.57. The second-order valence-corrected chi connectivity index (χ2v) is 5.06. The van der Waals surface area contributed by atoms with E-state index in [1.807, 2.05) is 18.2 Å². The van der Waals surface area contributed by atoms with E-state index in [9.17, 15) is 9.59 Å². The van der Waals surface area contributed by atoms with Gasteiger partial charge in [-0.1, -0.05) is 15.9 Å². The summed E-state index contributed by atoms with van der Waals surface area (Å²) >= 11 is 3.39. The second kappa shape index (κ2) is 4.20. The fourth-order valence-corrected chi connectivity index (χ4v) is 2.39. The van der Waals surface area contributed by atoms with Crippen LogP contribution in [0, 0.1) is 0 Å². The van der Waals surface area contributed by atoms with E-state index in [1.165, 1.54) is 6.07 Å². The van der Waals surface area contributed by atoms with Crippen molar-refractivity contribution in [2.45, 2.75) is 0 Å². The monoisotopic (exact) mass is 317 g/mol. The predicted molar refractivity (Wildman–Crippen MR) is 74.9 cm³/mol. The molecule has 2 N–H and O–H groups in total. The molecule has 0 aliphatic rings. The van der Waals surface area contributed by atoms with Gasteiger partial charge in [-0.25, -0.2) is 0 Å². The zero-order valence-electron chi connectivity index (χ0n) is 9.64. The van der Waals surface area contributed by atoms with Crippen molar-refractivity contribution in [2.75, 3.05) is 0 Å². The van der Waals surface area contributed by atoms with Gasteiger partial charge in [0, 0.05) is 20.8 Å². The quantitative estimate of drug-likeness (QED) is 0.583. The van der Waals surface area contributed by atoms with Gasteiger partial charge in [0.1, 0.15) is 11.2 Å². The first-order chi connectivity index (χ1) is 9.06. The summed E-state index contributed by atoms with van der Waals surface area (Å²) in [5.41, 5.74) is 6.66. The summed E-state index contributed by atoms with van der Waals surface area (Å²) in [5.74, 6) is -1.67. The standard InChI is InChI=1S/C14H8BrNO3/c15-8-2-4-12-10(6-8)9-5-7(13(17)14(16)18)1-3-11(9)19-12/h1-6H,(H2,16,18). The second-order valence-electron chi connectivity index (χ2n) is 4.15. The minimum absolute atomic E-state index is 0.266. The van der Waals surface area contributed by atoms with E-state index in [0.29, 0.717) is 5.58 Å². The van der Waals surface area contributed by atoms with E-state index in [1.54, 1.807) is 12.1 Å². The van der Waals surface area contributed by atoms with E-state index in [0.717, 1.165) is 20.8 Å². The highest BCUT2D eigenvalue weighted by Crippen LogP contribution is 2.31. The van der Waals surface area contributed by atoms with Crippen molar-refractivity contribution >= 4 is 49.6 Å². The lowest BCUT2D eigenvalue weighted by Gasteiger charge is -1.96. The highest BCUT2D eigenvalue weighted by Gasteiger charge is 2.15. The molecular weight excluding hydrogens is 310 g/mol. The van der Waals surface area contributed by atoms with E-state index >= 15 is 0 Å². The number of benzene rings is 2. The molecule has 0 unspecified atom stereocenters. The maximum Gasteiger partial charge on any atom is 0.289 e. The Labute approximate surface area is 116 Å². The third kappa shape index (κ3) is 1.92. The molecule has 0 atom stereocenters. The summed E-state index contributed by atoms with van der Waals surface area (Å²) in [4.78, 5) is 22.5. The topological polar surface area (TPSA) is 73.3 Å². The zero-order chi connectivity index (χ0) is 13.6. The molecule has 0 aliphatic heterocycles. The molecule has 94 valence electrons. The molecule has 3 aromatic rings. The molecule has 1 heterocycles. The molecule has 1 aromatic heterocycles. The van der Waals surface area contributed by atoms with Gasteiger partial charge in [0.05, 0.1) is 0 Å². The smallest absolute Gasteiger partial charge is 0.289 e. The van der Waals surface area contributed by atoms with Crippen LogP contribution in [-0.4, -0.2) is 11.7 Å². The number of fused-ring (bicyclic) bond motifs is 3. The fourth-order valence-electron chi connectivity index (χ4n) is 2.03. The number of hydrogen-bond donors (Lipinski definition) is 1. The highest BCUT2D eigenvalue weighted by molar-refractivity contribution is 9.10. The molecule has 0 fully saturated rings. The first kappa shape index (κ1) is 11.9. The van der Waals surface area contributed by atoms with Crippen LogP contribution in [0.2, 0.25) is 0 Å². The summed E-state index contributed by atoms with van der Waals surface area (Å²) in [6.07, 6.45) is 0. The number of halogens is 1. The molecule has 0 saturated heterocycles. The SMILES string of the molecule is NC(=O)C(=O)c1ccc2oc3ccc(Br)cc3c2c1. The van der Waals surface area contributed by atoms with Crippen molar-refractivity contribution in [3.63, 3.8) is 0 Å². The minimum Gasteiger partial charge on any atom is -0.456 e. The molecule has 1 amide bonds. The Morgan fingerprint density at radius 1 is 1.00 bits per heavy atom. The van der Waals surface area contributed by atoms with Crippen LogP contribution < -0.4 is 5.73 Å². The van der Waals surface area contributed by atoms with E-state index in [4.69, 9.17) is 10.2 Å². The summed E-state index contributed by atoms with van der Waals surface area (Å²) in [5, 5.41) is 1.66. The van der Waals surface area contributed by atoms with Crippen molar-refractivity contribution in [1.29, 1.82) is 0 Å². The summed E-state index contributed by atoms with van der Waals surface area (Å²) in [6, 6.07) is 10.4. The molecule has 2 aromatic carbocycles. The molecule has 0 radical (unpaired) electrons. The number of hydrogen-bond acceptors (Lipinski definition) is 3. The zero-order valence-corrected chi connectivity index (χ0v) is 11.2. The number of furan rings is 1. The molecule has 3 rings (SSSR count). The van der Waals surface area contributed by atoms with Gasteiger partial charge in [-0.15, -0.1) is 0 Å². The first-order valence-electron chi connectivity index (χ1n) is 5.52. The number of nitrogens with two attached hydrogens (primary N) is 1. The van der Waals surface area contributed by atoms with Gasteiger partial charge >= 0.3 is 0 Å². The van der Waals surface area contributed by atoms with Gasteiger partial charge in [0.15, 0.2) is 0 Å². The Balaban J connectivity index is 2.32. The van der Waals surface area contributed by atoms with Crippen molar-refractivity contribution in [3.05, 3.63) is 46.4 Å². The Morgan fingerprint density at radius 3 is 2.32 bits per heavy atom. The van der Waals surface area contributed by atoms with Gasteiger partial charge in [0.25, 0.3) is 5.91 Å². The number of primary amides is 1. The van der Waals surface area contributed by atoms with Crippen molar-refractivity contribution in [1.82, 2.24) is 0 Å². The highest BCUT2D eigenvalue weighted by atomic mass is 79.9. The Kier molecular flexibility index (Phi) is 2.64. The maximum absolute atomic E-state index is 11.6. The van der Waals surface area contributed by atoms with E-state index < -0.39 is 11.7 Å². The van der Waals surface area contributed by atoms with Gasteiger partial charge < -0.3 is 10.2 Å². The van der Waals surface area contributed by atoms with Crippen LogP contribution in [0.5, 0.6) is 0 Å².